The van der Waals surface area contributed by atoms with Gasteiger partial charge in [0.05, 0.1) is 0 Å². The van der Waals surface area contributed by atoms with E-state index in [1.807, 2.05) is 20.8 Å². The zero-order valence-electron chi connectivity index (χ0n) is 12.1. The first-order valence-electron chi connectivity index (χ1n) is 6.35. The van der Waals surface area contributed by atoms with Crippen molar-refractivity contribution >= 4 is 5.82 Å². The zero-order valence-corrected chi connectivity index (χ0v) is 12.1. The van der Waals surface area contributed by atoms with E-state index in [4.69, 9.17) is 10.5 Å². The molecular formula is C15H18FN3O. The third-order valence-electron chi connectivity index (χ3n) is 2.76. The molecule has 0 unspecified atom stereocenters. The Kier molecular flexibility index (Phi) is 3.61. The summed E-state index contributed by atoms with van der Waals surface area (Å²) in [6.07, 6.45) is 0. The Morgan fingerprint density at radius 3 is 2.45 bits per heavy atom. The fourth-order valence-corrected chi connectivity index (χ4v) is 1.59. The predicted molar refractivity (Wildman–Crippen MR) is 76.4 cm³/mol. The molecule has 0 spiro atoms. The van der Waals surface area contributed by atoms with Gasteiger partial charge in [-0.25, -0.2) is 9.37 Å². The number of hydrogen-bond donors (Lipinski definition) is 1. The van der Waals surface area contributed by atoms with Gasteiger partial charge in [-0.2, -0.15) is 4.98 Å². The largest absolute Gasteiger partial charge is 0.439 e. The molecule has 1 aromatic heterocycles. The first-order chi connectivity index (χ1) is 9.25. The van der Waals surface area contributed by atoms with Gasteiger partial charge in [-0.1, -0.05) is 26.8 Å². The maximum absolute atomic E-state index is 13.5. The molecule has 20 heavy (non-hydrogen) atoms. The van der Waals surface area contributed by atoms with E-state index in [1.54, 1.807) is 19.1 Å². The van der Waals surface area contributed by atoms with Crippen LogP contribution >= 0.6 is 0 Å². The monoisotopic (exact) mass is 275 g/mol. The number of benzene rings is 1. The van der Waals surface area contributed by atoms with Crippen LogP contribution in [0.3, 0.4) is 0 Å². The highest BCUT2D eigenvalue weighted by atomic mass is 19.1. The number of rotatable bonds is 2. The van der Waals surface area contributed by atoms with Crippen molar-refractivity contribution in [2.45, 2.75) is 33.1 Å². The van der Waals surface area contributed by atoms with Crippen LogP contribution in [-0.2, 0) is 5.41 Å². The van der Waals surface area contributed by atoms with E-state index in [9.17, 15) is 4.39 Å². The maximum Gasteiger partial charge on any atom is 0.224 e. The molecule has 0 amide bonds. The number of nitrogen functional groups attached to an aromatic ring is 1. The molecule has 0 saturated heterocycles. The van der Waals surface area contributed by atoms with Crippen molar-refractivity contribution in [3.8, 4) is 11.6 Å². The third-order valence-corrected chi connectivity index (χ3v) is 2.76. The van der Waals surface area contributed by atoms with Crippen molar-refractivity contribution in [3.63, 3.8) is 0 Å². The normalized spacial score (nSPS) is 11.4. The van der Waals surface area contributed by atoms with Gasteiger partial charge in [-0.15, -0.1) is 0 Å². The minimum Gasteiger partial charge on any atom is -0.439 e. The molecule has 1 heterocycles. The second kappa shape index (κ2) is 5.07. The number of anilines is 1. The molecule has 0 aliphatic heterocycles. The standard InChI is InChI=1S/C15H18FN3O/c1-9-5-6-10(7-11(9)16)20-13-8-12(17)18-14(19-13)15(2,3)4/h5-8H,1-4H3,(H2,17,18,19). The maximum atomic E-state index is 13.5. The Labute approximate surface area is 117 Å². The van der Waals surface area contributed by atoms with Crippen molar-refractivity contribution < 1.29 is 9.13 Å². The summed E-state index contributed by atoms with van der Waals surface area (Å²) >= 11 is 0. The van der Waals surface area contributed by atoms with Crippen molar-refractivity contribution in [1.82, 2.24) is 9.97 Å². The van der Waals surface area contributed by atoms with Gasteiger partial charge < -0.3 is 10.5 Å². The quantitative estimate of drug-likeness (QED) is 0.909. The van der Waals surface area contributed by atoms with E-state index in [0.29, 0.717) is 28.8 Å². The van der Waals surface area contributed by atoms with Crippen LogP contribution in [0.25, 0.3) is 0 Å². The summed E-state index contributed by atoms with van der Waals surface area (Å²) in [5.41, 5.74) is 6.08. The minimum atomic E-state index is -0.319. The molecule has 0 aliphatic carbocycles. The number of aryl methyl sites for hydroxylation is 1. The predicted octanol–water partition coefficient (Wildman–Crippen LogP) is 3.60. The molecule has 0 radical (unpaired) electrons. The van der Waals surface area contributed by atoms with E-state index < -0.39 is 0 Å². The lowest BCUT2D eigenvalue weighted by Gasteiger charge is -2.17. The van der Waals surface area contributed by atoms with Gasteiger partial charge in [-0.3, -0.25) is 0 Å². The molecule has 0 bridgehead atoms. The van der Waals surface area contributed by atoms with E-state index in [0.717, 1.165) is 0 Å². The summed E-state index contributed by atoms with van der Waals surface area (Å²) in [4.78, 5) is 8.51. The van der Waals surface area contributed by atoms with Gasteiger partial charge in [0.25, 0.3) is 0 Å². The van der Waals surface area contributed by atoms with Gasteiger partial charge >= 0.3 is 0 Å². The van der Waals surface area contributed by atoms with Gasteiger partial charge in [-0.05, 0) is 18.6 Å². The summed E-state index contributed by atoms with van der Waals surface area (Å²) < 4.78 is 19.1. The molecule has 2 aromatic rings. The fourth-order valence-electron chi connectivity index (χ4n) is 1.59. The molecule has 106 valence electrons. The van der Waals surface area contributed by atoms with Crippen LogP contribution < -0.4 is 10.5 Å². The van der Waals surface area contributed by atoms with E-state index in [1.165, 1.54) is 12.1 Å². The molecule has 2 rings (SSSR count). The van der Waals surface area contributed by atoms with E-state index in [2.05, 4.69) is 9.97 Å². The highest BCUT2D eigenvalue weighted by Crippen LogP contribution is 2.26. The van der Waals surface area contributed by atoms with Crippen LogP contribution in [0.1, 0.15) is 32.2 Å². The molecular weight excluding hydrogens is 257 g/mol. The number of aromatic nitrogens is 2. The van der Waals surface area contributed by atoms with E-state index >= 15 is 0 Å². The Morgan fingerprint density at radius 2 is 1.85 bits per heavy atom. The van der Waals surface area contributed by atoms with Crippen molar-refractivity contribution in [2.75, 3.05) is 5.73 Å². The molecule has 0 atom stereocenters. The lowest BCUT2D eigenvalue weighted by Crippen LogP contribution is -2.17. The van der Waals surface area contributed by atoms with Crippen molar-refractivity contribution in [2.24, 2.45) is 0 Å². The van der Waals surface area contributed by atoms with Crippen molar-refractivity contribution in [1.29, 1.82) is 0 Å². The van der Waals surface area contributed by atoms with Gasteiger partial charge in [0, 0.05) is 17.5 Å². The summed E-state index contributed by atoms with van der Waals surface area (Å²) in [6, 6.07) is 6.19. The highest BCUT2D eigenvalue weighted by molar-refractivity contribution is 5.37. The average molecular weight is 275 g/mol. The van der Waals surface area contributed by atoms with Crippen LogP contribution in [-0.4, -0.2) is 9.97 Å². The number of ether oxygens (including phenoxy) is 1. The number of nitrogens with zero attached hydrogens (tertiary/aromatic N) is 2. The second-order valence-corrected chi connectivity index (χ2v) is 5.72. The summed E-state index contributed by atoms with van der Waals surface area (Å²) in [5.74, 6) is 1.28. The van der Waals surface area contributed by atoms with Crippen LogP contribution in [0.4, 0.5) is 10.2 Å². The molecule has 0 saturated carbocycles. The lowest BCUT2D eigenvalue weighted by atomic mass is 9.96. The molecule has 2 N–H and O–H groups in total. The molecule has 5 heteroatoms. The Morgan fingerprint density at radius 1 is 1.15 bits per heavy atom. The Balaban J connectivity index is 2.33. The Hall–Kier alpha value is -2.17. The number of hydrogen-bond acceptors (Lipinski definition) is 4. The SMILES string of the molecule is Cc1ccc(Oc2cc(N)nc(C(C)(C)C)n2)cc1F. The van der Waals surface area contributed by atoms with Crippen molar-refractivity contribution in [3.05, 3.63) is 41.5 Å². The summed E-state index contributed by atoms with van der Waals surface area (Å²) in [7, 11) is 0. The van der Waals surface area contributed by atoms with Gasteiger partial charge in [0.15, 0.2) is 0 Å². The first-order valence-corrected chi connectivity index (χ1v) is 6.35. The topological polar surface area (TPSA) is 61.0 Å². The average Bonchev–Trinajstić information content (AvgIpc) is 2.32. The first kappa shape index (κ1) is 14.2. The summed E-state index contributed by atoms with van der Waals surface area (Å²) in [6.45, 7) is 7.64. The minimum absolute atomic E-state index is 0.244. The van der Waals surface area contributed by atoms with Gasteiger partial charge in [0.1, 0.15) is 23.2 Å². The zero-order chi connectivity index (χ0) is 14.9. The smallest absolute Gasteiger partial charge is 0.224 e. The second-order valence-electron chi connectivity index (χ2n) is 5.72. The lowest BCUT2D eigenvalue weighted by molar-refractivity contribution is 0.442. The number of halogens is 1. The Bertz CT molecular complexity index is 636. The van der Waals surface area contributed by atoms with E-state index in [-0.39, 0.29) is 11.2 Å². The van der Waals surface area contributed by atoms with Gasteiger partial charge in [0.2, 0.25) is 5.88 Å². The van der Waals surface area contributed by atoms with Crippen LogP contribution in [0, 0.1) is 12.7 Å². The third kappa shape index (κ3) is 3.23. The molecule has 1 aromatic carbocycles. The molecule has 0 aliphatic rings. The van der Waals surface area contributed by atoms with Crippen LogP contribution in [0.15, 0.2) is 24.3 Å². The van der Waals surface area contributed by atoms with Crippen LogP contribution in [0.5, 0.6) is 11.6 Å². The molecule has 0 fully saturated rings. The molecule has 4 nitrogen and oxygen atoms in total. The highest BCUT2D eigenvalue weighted by Gasteiger charge is 2.19. The summed E-state index contributed by atoms with van der Waals surface area (Å²) in [5, 5.41) is 0. The number of nitrogens with two attached hydrogens (primary N) is 1. The fraction of sp³-hybridized carbons (Fsp3) is 0.333. The van der Waals surface area contributed by atoms with Crippen LogP contribution in [0.2, 0.25) is 0 Å².